The molecule has 0 spiro atoms. The number of rotatable bonds is 8. The lowest BCUT2D eigenvalue weighted by Crippen LogP contribution is -2.50. The Kier molecular flexibility index (Phi) is 19.0. The third-order valence-corrected chi connectivity index (χ3v) is 22.3. The molecule has 0 heterocycles. The predicted molar refractivity (Wildman–Crippen MR) is 360 cm³/mol. The Hall–Kier alpha value is -11.1. The Morgan fingerprint density at radius 3 is 0.805 bits per heavy atom. The lowest BCUT2D eigenvalue weighted by molar-refractivity contribution is -0.289. The van der Waals surface area contributed by atoms with Crippen LogP contribution in [0, 0.1) is 64.6 Å². The zero-order valence-electron chi connectivity index (χ0n) is 58.9. The highest BCUT2D eigenvalue weighted by atomic mass is 19.3. The topological polar surface area (TPSA) is 198 Å². The van der Waals surface area contributed by atoms with Crippen LogP contribution < -0.4 is 18.9 Å². The first-order valence-electron chi connectivity index (χ1n) is 34.5. The van der Waals surface area contributed by atoms with Crippen molar-refractivity contribution in [3.8, 4) is 64.2 Å². The van der Waals surface area contributed by atoms with E-state index < -0.39 is 181 Å². The largest absolute Gasteiger partial charge is 0.458 e. The minimum absolute atomic E-state index is 0.0209. The Morgan fingerprint density at radius 1 is 0.336 bits per heavy atom. The summed E-state index contributed by atoms with van der Waals surface area (Å²) in [5, 5.41) is 69.4. The van der Waals surface area contributed by atoms with E-state index in [9.17, 15) is 104 Å². The highest BCUT2D eigenvalue weighted by Crippen LogP contribution is 2.71. The molecule has 4 N–H and O–H groups in total. The molecule has 32 heteroatoms. The second-order valence-corrected chi connectivity index (χ2v) is 29.1. The lowest BCUT2D eigenvalue weighted by atomic mass is 9.74. The van der Waals surface area contributed by atoms with Crippen LogP contribution in [0.15, 0.2) is 121 Å². The molecule has 586 valence electrons. The summed E-state index contributed by atoms with van der Waals surface area (Å²) in [6.45, 7) is 20.7. The average Bonchev–Trinajstić information content (AvgIpc) is 1.54. The Balaban J connectivity index is 0.000000132. The van der Waals surface area contributed by atoms with E-state index >= 15 is 0 Å². The van der Waals surface area contributed by atoms with E-state index in [1.165, 1.54) is 42.5 Å². The van der Waals surface area contributed by atoms with Gasteiger partial charge in [0.05, 0.1) is 42.5 Å². The molecular formula is C81H56F19N5O8. The average molecular weight is 1590 g/mol. The summed E-state index contributed by atoms with van der Waals surface area (Å²) in [6, 6.07) is 27.0. The van der Waals surface area contributed by atoms with Gasteiger partial charge in [0.25, 0.3) is 0 Å². The van der Waals surface area contributed by atoms with E-state index in [2.05, 4.69) is 9.69 Å². The van der Waals surface area contributed by atoms with Gasteiger partial charge >= 0.3 is 47.4 Å². The number of ether oxygens (including phenoxy) is 4. The maximum atomic E-state index is 14.6. The van der Waals surface area contributed by atoms with Crippen LogP contribution in [0.3, 0.4) is 0 Å². The zero-order chi connectivity index (χ0) is 82.6. The third-order valence-electron chi connectivity index (χ3n) is 22.3. The number of benzene rings is 8. The first kappa shape index (κ1) is 80.0. The second kappa shape index (κ2) is 26.8. The molecule has 0 radical (unpaired) electrons. The van der Waals surface area contributed by atoms with Crippen LogP contribution in [0.5, 0.6) is 46.0 Å². The number of nitriles is 3. The van der Waals surface area contributed by atoms with E-state index in [0.29, 0.717) is 0 Å². The van der Waals surface area contributed by atoms with Crippen LogP contribution in [0.1, 0.15) is 186 Å². The molecule has 8 aromatic rings. The van der Waals surface area contributed by atoms with Crippen molar-refractivity contribution >= 4 is 11.4 Å². The number of nitrogens with zero attached hydrogens (tertiary/aromatic N) is 5. The van der Waals surface area contributed by atoms with Crippen molar-refractivity contribution in [3.63, 3.8) is 0 Å². The number of hydrogen-bond donors (Lipinski definition) is 4. The van der Waals surface area contributed by atoms with Gasteiger partial charge in [0, 0.05) is 90.5 Å². The fraction of sp³-hybridized carbons (Fsp3) is 0.346. The van der Waals surface area contributed by atoms with Crippen LogP contribution in [0.2, 0.25) is 0 Å². The first-order chi connectivity index (χ1) is 52.6. The summed E-state index contributed by atoms with van der Waals surface area (Å²) >= 11 is 0. The number of alkyl halides is 16. The van der Waals surface area contributed by atoms with Crippen molar-refractivity contribution in [2.45, 2.75) is 173 Å². The Labute approximate surface area is 629 Å². The standard InChI is InChI=1S/C21H14F4N2O2.3C20H14F5NO2/c1-11-5-6-19(28)18-15(20(22,23)21(19,24)25)3-4-16(17(11)18)29-14-8-12(10-26)7-13(9-14)27-2;1-10-5-6-18(27)17-14(19(22,23)20(18,24)25)3-4-15(16(10)17)28-13-8-11(21)7-12(9-13)26-2;2*1-10-4-5-18(27)17-14(19(22,23)20(18,24)25)2-3-15(16(10)17)28-13-7-11(9-26)6-12(21)8-13/h3-4,7-9,11,28H,5-6H2,1H3;3-4,7-10,27H,5-6H2,1H3;2*2-3,6-8,10,27H,4-5H2,1H3/t11-,19-;2*10-,18+;10-,18-/m1010/s1. The van der Waals surface area contributed by atoms with E-state index in [-0.39, 0.29) is 122 Å². The van der Waals surface area contributed by atoms with Gasteiger partial charge < -0.3 is 39.4 Å². The fourth-order valence-corrected chi connectivity index (χ4v) is 16.6. The normalized spacial score (nSPS) is 26.2. The number of aliphatic hydroxyl groups is 4. The minimum atomic E-state index is -4.66. The van der Waals surface area contributed by atoms with Crippen molar-refractivity contribution in [1.82, 2.24) is 0 Å². The molecule has 113 heavy (non-hydrogen) atoms. The molecule has 0 saturated carbocycles. The van der Waals surface area contributed by atoms with Gasteiger partial charge in [-0.15, -0.1) is 0 Å². The molecular weight excluding hydrogens is 1530 g/mol. The summed E-state index contributed by atoms with van der Waals surface area (Å²) < 4.78 is 295. The van der Waals surface area contributed by atoms with Gasteiger partial charge in [0.15, 0.2) is 33.8 Å². The summed E-state index contributed by atoms with van der Waals surface area (Å²) in [5.74, 6) is -40.9. The van der Waals surface area contributed by atoms with Gasteiger partial charge in [-0.2, -0.15) is 86.0 Å². The summed E-state index contributed by atoms with van der Waals surface area (Å²) in [5.41, 5.74) is -17.2. The smallest absolute Gasteiger partial charge is 0.346 e. The van der Waals surface area contributed by atoms with E-state index in [4.69, 9.17) is 47.9 Å². The molecule has 0 aromatic heterocycles. The maximum Gasteiger partial charge on any atom is 0.346 e. The SMILES string of the molecule is C[C@@H]1CC[C@]2(O)c3c(ccc(Oc4cc(F)cc(C#N)c4)c31)C(F)(F)C2(F)F.C[C@H]1CC[C@]2(O)c3c(ccc(Oc4cc(F)cc(C#N)c4)c31)C(F)(F)C2(F)F.[C-]#[N+]c1cc(C#N)cc(Oc2ccc3c4c2[C@H](C)CC[C@]4(O)C(F)(F)C3(F)F)c1.[C-]#[N+]c1cc(F)cc(Oc2ccc3c4c2[C@@H](C)CC[C@]4(O)C(F)(F)C3(F)F)c1. The van der Waals surface area contributed by atoms with Gasteiger partial charge in [0.1, 0.15) is 63.4 Å². The molecule has 0 aliphatic heterocycles. The second-order valence-electron chi connectivity index (χ2n) is 29.1. The van der Waals surface area contributed by atoms with Crippen LogP contribution >= 0.6 is 0 Å². The summed E-state index contributed by atoms with van der Waals surface area (Å²) in [7, 11) is 0. The third kappa shape index (κ3) is 11.7. The maximum absolute atomic E-state index is 14.6. The molecule has 0 unspecified atom stereocenters. The molecule has 8 aromatic carbocycles. The van der Waals surface area contributed by atoms with Crippen molar-refractivity contribution in [3.05, 3.63) is 245 Å². The van der Waals surface area contributed by atoms with Gasteiger partial charge in [-0.1, -0.05) is 27.7 Å². The minimum Gasteiger partial charge on any atom is -0.458 e. The van der Waals surface area contributed by atoms with Gasteiger partial charge in [-0.3, -0.25) is 0 Å². The van der Waals surface area contributed by atoms with E-state index in [1.54, 1.807) is 39.8 Å². The van der Waals surface area contributed by atoms with Crippen molar-refractivity contribution in [2.75, 3.05) is 0 Å². The van der Waals surface area contributed by atoms with Crippen molar-refractivity contribution < 1.29 is 123 Å². The van der Waals surface area contributed by atoms with Crippen LogP contribution in [0.25, 0.3) is 9.69 Å². The van der Waals surface area contributed by atoms with Gasteiger partial charge in [-0.25, -0.2) is 22.9 Å². The molecule has 8 atom stereocenters. The first-order valence-corrected chi connectivity index (χ1v) is 34.5. The van der Waals surface area contributed by atoms with Crippen LogP contribution in [-0.2, 0) is 46.1 Å². The molecule has 8 aliphatic rings. The zero-order valence-corrected chi connectivity index (χ0v) is 58.9. The lowest BCUT2D eigenvalue weighted by Gasteiger charge is -2.38. The summed E-state index contributed by atoms with van der Waals surface area (Å²) in [6.07, 6.45) is -1.83. The highest BCUT2D eigenvalue weighted by molar-refractivity contribution is 5.65. The highest BCUT2D eigenvalue weighted by Gasteiger charge is 2.81. The number of halogens is 19. The van der Waals surface area contributed by atoms with Crippen molar-refractivity contribution in [1.29, 1.82) is 15.8 Å². The molecule has 16 rings (SSSR count). The molecule has 13 nitrogen and oxygen atoms in total. The molecule has 0 amide bonds. The monoisotopic (exact) mass is 1590 g/mol. The Bertz CT molecular complexity index is 5130. The fourth-order valence-electron chi connectivity index (χ4n) is 16.6. The van der Waals surface area contributed by atoms with Gasteiger partial charge in [0.2, 0.25) is 0 Å². The Morgan fingerprint density at radius 2 is 0.558 bits per heavy atom. The molecule has 0 saturated heterocycles. The molecule has 0 fully saturated rings. The van der Waals surface area contributed by atoms with Crippen molar-refractivity contribution in [2.24, 2.45) is 0 Å². The predicted octanol–water partition coefficient (Wildman–Crippen LogP) is 22.4. The quantitative estimate of drug-likeness (QED) is 0.0834. The van der Waals surface area contributed by atoms with E-state index in [1.807, 2.05) is 6.07 Å². The van der Waals surface area contributed by atoms with E-state index in [0.717, 1.165) is 78.9 Å². The molecule has 0 bridgehead atoms. The molecule has 8 aliphatic carbocycles. The number of hydrogen-bond acceptors (Lipinski definition) is 11. The summed E-state index contributed by atoms with van der Waals surface area (Å²) in [4.78, 5) is 6.36. The van der Waals surface area contributed by atoms with Crippen LogP contribution in [-0.4, -0.2) is 44.1 Å². The van der Waals surface area contributed by atoms with Crippen LogP contribution in [0.4, 0.5) is 94.8 Å². The van der Waals surface area contributed by atoms with Gasteiger partial charge in [-0.05, 0) is 178 Å².